The molecule has 0 saturated heterocycles. The summed E-state index contributed by atoms with van der Waals surface area (Å²) < 4.78 is 4.42. The van der Waals surface area contributed by atoms with Crippen molar-refractivity contribution < 1.29 is 25.2 Å². The van der Waals surface area contributed by atoms with Crippen molar-refractivity contribution in [3.8, 4) is 0 Å². The Morgan fingerprint density at radius 1 is 1.60 bits per heavy atom. The minimum Gasteiger partial charge on any atom is -0.555 e. The number of ether oxygens (including phenoxy) is 1. The zero-order valence-corrected chi connectivity index (χ0v) is 6.08. The van der Waals surface area contributed by atoms with Gasteiger partial charge >= 0.3 is 0 Å². The molecule has 0 rings (SSSR count). The molecule has 33 valence electrons. The number of methoxy groups -OCH3 is 1. The fourth-order valence-electron chi connectivity index (χ4n) is 0. The summed E-state index contributed by atoms with van der Waals surface area (Å²) in [5, 5.41) is 0. The molecule has 0 aliphatic heterocycles. The molecule has 0 bridgehead atoms. The Kier molecular flexibility index (Phi) is 16.1. The molecule has 0 atom stereocenters. The molecule has 0 aromatic heterocycles. The van der Waals surface area contributed by atoms with Gasteiger partial charge in [-0.2, -0.15) is 6.92 Å². The maximum Gasteiger partial charge on any atom is 0 e. The van der Waals surface area contributed by atoms with Crippen LogP contribution in [0.5, 0.6) is 0 Å². The van der Waals surface area contributed by atoms with E-state index in [1.165, 1.54) is 0 Å². The average Bonchev–Trinajstić information content (AvgIpc) is 1.37. The van der Waals surface area contributed by atoms with Crippen molar-refractivity contribution in [2.24, 2.45) is 0 Å². The SMILES string of the molecule is C[CH-]OC.[Re]. The Morgan fingerprint density at radius 2 is 1.80 bits per heavy atom. The summed E-state index contributed by atoms with van der Waals surface area (Å²) in [6.07, 6.45) is 0. The monoisotopic (exact) mass is 246 g/mol. The zero-order chi connectivity index (χ0) is 3.41. The molecule has 5 heavy (non-hydrogen) atoms. The largest absolute Gasteiger partial charge is 0.555 e. The molecule has 0 saturated carbocycles. The van der Waals surface area contributed by atoms with E-state index in [9.17, 15) is 0 Å². The second kappa shape index (κ2) is 8.82. The maximum atomic E-state index is 4.42. The summed E-state index contributed by atoms with van der Waals surface area (Å²) in [5.74, 6) is 0. The Labute approximate surface area is 46.4 Å². The quantitative estimate of drug-likeness (QED) is 0.621. The van der Waals surface area contributed by atoms with Crippen molar-refractivity contribution in [2.75, 3.05) is 7.11 Å². The minimum atomic E-state index is 0. The van der Waals surface area contributed by atoms with Crippen LogP contribution in [0.2, 0.25) is 0 Å². The van der Waals surface area contributed by atoms with Crippen LogP contribution in [-0.2, 0) is 25.2 Å². The van der Waals surface area contributed by atoms with Crippen molar-refractivity contribution in [1.82, 2.24) is 0 Å². The van der Waals surface area contributed by atoms with Gasteiger partial charge in [-0.05, 0) is 7.11 Å². The van der Waals surface area contributed by atoms with Gasteiger partial charge in [-0.25, -0.2) is 6.61 Å². The van der Waals surface area contributed by atoms with Crippen LogP contribution in [0.4, 0.5) is 0 Å². The van der Waals surface area contributed by atoms with E-state index >= 15 is 0 Å². The van der Waals surface area contributed by atoms with Crippen LogP contribution in [-0.4, -0.2) is 7.11 Å². The smallest absolute Gasteiger partial charge is 0 e. The van der Waals surface area contributed by atoms with Crippen LogP contribution >= 0.6 is 0 Å². The molecule has 1 radical (unpaired) electrons. The molecule has 0 heterocycles. The second-order valence-electron chi connectivity index (χ2n) is 0.471. The first-order chi connectivity index (χ1) is 1.91. The molecule has 0 spiro atoms. The van der Waals surface area contributed by atoms with Crippen molar-refractivity contribution in [1.29, 1.82) is 0 Å². The van der Waals surface area contributed by atoms with Gasteiger partial charge in [0.2, 0.25) is 0 Å². The topological polar surface area (TPSA) is 9.23 Å². The number of hydrogen-bond donors (Lipinski definition) is 0. The van der Waals surface area contributed by atoms with E-state index in [0.29, 0.717) is 0 Å². The molecule has 0 aliphatic carbocycles. The van der Waals surface area contributed by atoms with Crippen LogP contribution in [0.25, 0.3) is 0 Å². The van der Waals surface area contributed by atoms with E-state index in [0.717, 1.165) is 0 Å². The first-order valence-corrected chi connectivity index (χ1v) is 1.22. The van der Waals surface area contributed by atoms with Crippen LogP contribution in [0.15, 0.2) is 0 Å². The van der Waals surface area contributed by atoms with Gasteiger partial charge in [-0.3, -0.25) is 0 Å². The Balaban J connectivity index is 0. The molecule has 0 aliphatic rings. The molecular formula is C3H7ORe-. The van der Waals surface area contributed by atoms with Gasteiger partial charge in [0, 0.05) is 20.4 Å². The fraction of sp³-hybridized carbons (Fsp3) is 0.667. The molecular weight excluding hydrogens is 238 g/mol. The molecule has 0 fully saturated rings. The van der Waals surface area contributed by atoms with Crippen molar-refractivity contribution in [3.05, 3.63) is 6.61 Å². The van der Waals surface area contributed by atoms with Crippen LogP contribution in [0, 0.1) is 6.61 Å². The van der Waals surface area contributed by atoms with Crippen molar-refractivity contribution in [3.63, 3.8) is 0 Å². The van der Waals surface area contributed by atoms with Gasteiger partial charge in [-0.15, -0.1) is 0 Å². The van der Waals surface area contributed by atoms with Gasteiger partial charge in [-0.1, -0.05) is 0 Å². The molecule has 0 aromatic rings. The maximum absolute atomic E-state index is 4.42. The normalized spacial score (nSPS) is 6.00. The van der Waals surface area contributed by atoms with Crippen molar-refractivity contribution in [2.45, 2.75) is 6.92 Å². The van der Waals surface area contributed by atoms with E-state index in [2.05, 4.69) is 4.74 Å². The molecule has 0 amide bonds. The summed E-state index contributed by atoms with van der Waals surface area (Å²) in [7, 11) is 1.62. The van der Waals surface area contributed by atoms with Crippen molar-refractivity contribution >= 4 is 0 Å². The van der Waals surface area contributed by atoms with Gasteiger partial charge < -0.3 is 4.74 Å². The fourth-order valence-corrected chi connectivity index (χ4v) is 0. The Morgan fingerprint density at radius 3 is 1.80 bits per heavy atom. The summed E-state index contributed by atoms with van der Waals surface area (Å²) in [6.45, 7) is 3.46. The summed E-state index contributed by atoms with van der Waals surface area (Å²) in [4.78, 5) is 0. The van der Waals surface area contributed by atoms with E-state index in [4.69, 9.17) is 0 Å². The van der Waals surface area contributed by atoms with Gasteiger partial charge in [0.25, 0.3) is 0 Å². The van der Waals surface area contributed by atoms with E-state index in [-0.39, 0.29) is 20.4 Å². The number of hydrogen-bond acceptors (Lipinski definition) is 1. The molecule has 0 unspecified atom stereocenters. The predicted octanol–water partition coefficient (Wildman–Crippen LogP) is 0.812. The van der Waals surface area contributed by atoms with Gasteiger partial charge in [0.1, 0.15) is 0 Å². The van der Waals surface area contributed by atoms with E-state index < -0.39 is 0 Å². The number of rotatable bonds is 1. The van der Waals surface area contributed by atoms with Gasteiger partial charge in [0.15, 0.2) is 0 Å². The predicted molar refractivity (Wildman–Crippen MR) is 17.0 cm³/mol. The third-order valence-electron chi connectivity index (χ3n) is 0.236. The Hall–Kier alpha value is 0.622. The van der Waals surface area contributed by atoms with Gasteiger partial charge in [0.05, 0.1) is 0 Å². The minimum absolute atomic E-state index is 0. The zero-order valence-electron chi connectivity index (χ0n) is 3.36. The standard InChI is InChI=1S/C3H7O.Re/c1-3-4-2;/h3H,1-2H3;/q-1;. The van der Waals surface area contributed by atoms with Crippen LogP contribution in [0.1, 0.15) is 6.92 Å². The van der Waals surface area contributed by atoms with Crippen LogP contribution in [0.3, 0.4) is 0 Å². The second-order valence-corrected chi connectivity index (χ2v) is 0.471. The first kappa shape index (κ1) is 9.16. The summed E-state index contributed by atoms with van der Waals surface area (Å²) in [5.41, 5.74) is 0. The third-order valence-corrected chi connectivity index (χ3v) is 0.236. The first-order valence-electron chi connectivity index (χ1n) is 1.22. The molecule has 0 N–H and O–H groups in total. The average molecular weight is 245 g/mol. The molecule has 2 heteroatoms. The molecule has 0 aromatic carbocycles. The summed E-state index contributed by atoms with van der Waals surface area (Å²) in [6, 6.07) is 0. The van der Waals surface area contributed by atoms with E-state index in [1.54, 1.807) is 13.7 Å². The Bertz CT molecular complexity index is 8.85. The van der Waals surface area contributed by atoms with E-state index in [1.807, 2.05) is 6.92 Å². The summed E-state index contributed by atoms with van der Waals surface area (Å²) >= 11 is 0. The molecule has 1 nitrogen and oxygen atoms in total. The third kappa shape index (κ3) is 12.1. The van der Waals surface area contributed by atoms with Crippen LogP contribution < -0.4 is 0 Å².